The Morgan fingerprint density at radius 1 is 1.54 bits per heavy atom. The van der Waals surface area contributed by atoms with E-state index in [4.69, 9.17) is 9.15 Å². The highest BCUT2D eigenvalue weighted by molar-refractivity contribution is 5.71. The van der Waals surface area contributed by atoms with E-state index >= 15 is 0 Å². The summed E-state index contributed by atoms with van der Waals surface area (Å²) in [7, 11) is 0. The minimum absolute atomic E-state index is 0.199. The van der Waals surface area contributed by atoms with Gasteiger partial charge in [-0.2, -0.15) is 0 Å². The Hall–Kier alpha value is -1.45. The second kappa shape index (κ2) is 2.52. The van der Waals surface area contributed by atoms with Crippen LogP contribution in [-0.4, -0.2) is 11.7 Å². The number of nitrogens with one attached hydrogen (secondary N) is 1. The van der Waals surface area contributed by atoms with Gasteiger partial charge in [0.05, 0.1) is 6.26 Å². The average molecular weight is 181 g/mol. The van der Waals surface area contributed by atoms with Crippen molar-refractivity contribution in [2.75, 3.05) is 0 Å². The standard InChI is InChI=1S/C9H11NO3/c1-9(2)7(10-8(11)13-9)6-4-3-5-12-6/h3-5,7H,1-2H3,(H,10,11)/t7-/m0/s1. The van der Waals surface area contributed by atoms with E-state index in [9.17, 15) is 4.79 Å². The molecule has 0 aromatic carbocycles. The number of carbonyl (C=O) groups excluding carboxylic acids is 1. The molecule has 4 heteroatoms. The van der Waals surface area contributed by atoms with Gasteiger partial charge in [-0.3, -0.25) is 0 Å². The molecule has 2 heterocycles. The van der Waals surface area contributed by atoms with Gasteiger partial charge < -0.3 is 14.5 Å². The lowest BCUT2D eigenvalue weighted by atomic mass is 9.98. The Bertz CT molecular complexity index is 316. The maximum Gasteiger partial charge on any atom is 0.408 e. The first-order valence-electron chi connectivity index (χ1n) is 4.12. The van der Waals surface area contributed by atoms with Crippen LogP contribution in [0.25, 0.3) is 0 Å². The quantitative estimate of drug-likeness (QED) is 0.719. The van der Waals surface area contributed by atoms with Crippen molar-refractivity contribution in [2.24, 2.45) is 0 Å². The van der Waals surface area contributed by atoms with Gasteiger partial charge in [0, 0.05) is 0 Å². The largest absolute Gasteiger partial charge is 0.467 e. The molecule has 1 aromatic rings. The highest BCUT2D eigenvalue weighted by atomic mass is 16.6. The Morgan fingerprint density at radius 2 is 2.31 bits per heavy atom. The maximum absolute atomic E-state index is 11.0. The zero-order valence-electron chi connectivity index (χ0n) is 7.53. The van der Waals surface area contributed by atoms with Crippen LogP contribution in [0.4, 0.5) is 4.79 Å². The van der Waals surface area contributed by atoms with Crippen LogP contribution in [0.15, 0.2) is 22.8 Å². The number of amides is 1. The smallest absolute Gasteiger partial charge is 0.408 e. The van der Waals surface area contributed by atoms with Crippen molar-refractivity contribution in [1.29, 1.82) is 0 Å². The fourth-order valence-electron chi connectivity index (χ4n) is 1.49. The lowest BCUT2D eigenvalue weighted by Crippen LogP contribution is -2.29. The number of rotatable bonds is 1. The number of cyclic esters (lactones) is 1. The fraction of sp³-hybridized carbons (Fsp3) is 0.444. The Balaban J connectivity index is 2.30. The summed E-state index contributed by atoms with van der Waals surface area (Å²) >= 11 is 0. The SMILES string of the molecule is CC1(C)OC(=O)N[C@H]1c1ccco1. The lowest BCUT2D eigenvalue weighted by Gasteiger charge is -2.21. The Labute approximate surface area is 75.9 Å². The first-order chi connectivity index (χ1) is 6.09. The van der Waals surface area contributed by atoms with Crippen molar-refractivity contribution in [3.8, 4) is 0 Å². The minimum atomic E-state index is -0.547. The summed E-state index contributed by atoms with van der Waals surface area (Å²) in [6.07, 6.45) is 1.18. The van der Waals surface area contributed by atoms with Gasteiger partial charge in [0.2, 0.25) is 0 Å². The molecule has 1 saturated heterocycles. The molecule has 0 aliphatic carbocycles. The van der Waals surface area contributed by atoms with Gasteiger partial charge in [0.1, 0.15) is 17.4 Å². The zero-order chi connectivity index (χ0) is 9.47. The van der Waals surface area contributed by atoms with E-state index in [1.807, 2.05) is 19.9 Å². The van der Waals surface area contributed by atoms with E-state index in [-0.39, 0.29) is 6.04 Å². The summed E-state index contributed by atoms with van der Waals surface area (Å²) < 4.78 is 10.3. The van der Waals surface area contributed by atoms with Gasteiger partial charge in [-0.1, -0.05) is 0 Å². The molecule has 1 aromatic heterocycles. The number of hydrogen-bond donors (Lipinski definition) is 1. The number of ether oxygens (including phenoxy) is 1. The van der Waals surface area contributed by atoms with Crippen molar-refractivity contribution in [2.45, 2.75) is 25.5 Å². The maximum atomic E-state index is 11.0. The summed E-state index contributed by atoms with van der Waals surface area (Å²) in [6, 6.07) is 3.41. The van der Waals surface area contributed by atoms with Gasteiger partial charge in [0.15, 0.2) is 0 Å². The molecule has 1 aliphatic rings. The van der Waals surface area contributed by atoms with Crippen LogP contribution < -0.4 is 5.32 Å². The molecule has 2 rings (SSSR count). The lowest BCUT2D eigenvalue weighted by molar-refractivity contribution is 0.0640. The second-order valence-corrected chi connectivity index (χ2v) is 3.59. The van der Waals surface area contributed by atoms with Gasteiger partial charge in [-0.25, -0.2) is 4.79 Å². The molecule has 4 nitrogen and oxygen atoms in total. The molecular weight excluding hydrogens is 170 g/mol. The third-order valence-corrected chi connectivity index (χ3v) is 2.14. The molecule has 70 valence electrons. The molecule has 1 N–H and O–H groups in total. The van der Waals surface area contributed by atoms with Crippen LogP contribution in [-0.2, 0) is 4.74 Å². The van der Waals surface area contributed by atoms with Crippen molar-refractivity contribution >= 4 is 6.09 Å². The van der Waals surface area contributed by atoms with Crippen LogP contribution in [0.3, 0.4) is 0 Å². The Morgan fingerprint density at radius 3 is 2.77 bits per heavy atom. The minimum Gasteiger partial charge on any atom is -0.467 e. The molecular formula is C9H11NO3. The van der Waals surface area contributed by atoms with Gasteiger partial charge in [-0.15, -0.1) is 0 Å². The molecule has 0 spiro atoms. The molecule has 1 amide bonds. The zero-order valence-corrected chi connectivity index (χ0v) is 7.53. The van der Waals surface area contributed by atoms with E-state index < -0.39 is 11.7 Å². The topological polar surface area (TPSA) is 51.5 Å². The highest BCUT2D eigenvalue weighted by Gasteiger charge is 2.43. The number of hydrogen-bond acceptors (Lipinski definition) is 3. The van der Waals surface area contributed by atoms with E-state index in [1.54, 1.807) is 12.3 Å². The normalized spacial score (nSPS) is 25.4. The molecule has 0 bridgehead atoms. The number of carbonyl (C=O) groups is 1. The van der Waals surface area contributed by atoms with E-state index in [2.05, 4.69) is 5.32 Å². The van der Waals surface area contributed by atoms with Crippen LogP contribution in [0.5, 0.6) is 0 Å². The highest BCUT2D eigenvalue weighted by Crippen LogP contribution is 2.33. The van der Waals surface area contributed by atoms with Gasteiger partial charge in [0.25, 0.3) is 0 Å². The number of alkyl carbamates (subject to hydrolysis) is 1. The molecule has 1 aliphatic heterocycles. The fourth-order valence-corrected chi connectivity index (χ4v) is 1.49. The van der Waals surface area contributed by atoms with Crippen LogP contribution in [0.2, 0.25) is 0 Å². The molecule has 13 heavy (non-hydrogen) atoms. The summed E-state index contributed by atoms with van der Waals surface area (Å²) in [5.74, 6) is 0.718. The van der Waals surface area contributed by atoms with Crippen LogP contribution >= 0.6 is 0 Å². The van der Waals surface area contributed by atoms with E-state index in [0.29, 0.717) is 0 Å². The van der Waals surface area contributed by atoms with Crippen molar-refractivity contribution in [1.82, 2.24) is 5.32 Å². The predicted molar refractivity (Wildman–Crippen MR) is 45.1 cm³/mol. The van der Waals surface area contributed by atoms with E-state index in [1.165, 1.54) is 0 Å². The first-order valence-corrected chi connectivity index (χ1v) is 4.12. The van der Waals surface area contributed by atoms with Gasteiger partial charge in [-0.05, 0) is 26.0 Å². The van der Waals surface area contributed by atoms with Crippen LogP contribution in [0.1, 0.15) is 25.6 Å². The predicted octanol–water partition coefficient (Wildman–Crippen LogP) is 1.84. The monoisotopic (exact) mass is 181 g/mol. The molecule has 0 saturated carbocycles. The van der Waals surface area contributed by atoms with Crippen molar-refractivity contribution in [3.05, 3.63) is 24.2 Å². The average Bonchev–Trinajstić information content (AvgIpc) is 2.56. The summed E-state index contributed by atoms with van der Waals surface area (Å²) in [5, 5.41) is 2.69. The molecule has 0 unspecified atom stereocenters. The first kappa shape index (κ1) is 8.16. The number of furan rings is 1. The van der Waals surface area contributed by atoms with Crippen molar-refractivity contribution < 1.29 is 13.9 Å². The Kier molecular flexibility index (Phi) is 1.58. The summed E-state index contributed by atoms with van der Waals surface area (Å²) in [6.45, 7) is 3.69. The third kappa shape index (κ3) is 1.28. The van der Waals surface area contributed by atoms with Gasteiger partial charge >= 0.3 is 6.09 Å². The molecule has 1 fully saturated rings. The molecule has 0 radical (unpaired) electrons. The molecule has 1 atom stereocenters. The second-order valence-electron chi connectivity index (χ2n) is 3.59. The summed E-state index contributed by atoms with van der Waals surface area (Å²) in [4.78, 5) is 11.0. The van der Waals surface area contributed by atoms with Crippen LogP contribution in [0, 0.1) is 0 Å². The van der Waals surface area contributed by atoms with E-state index in [0.717, 1.165) is 5.76 Å². The third-order valence-electron chi connectivity index (χ3n) is 2.14. The summed E-state index contributed by atoms with van der Waals surface area (Å²) in [5.41, 5.74) is -0.547. The van der Waals surface area contributed by atoms with Crippen molar-refractivity contribution in [3.63, 3.8) is 0 Å².